The average Bonchev–Trinajstić information content (AvgIpc) is 1.84. The fourth-order valence-electron chi connectivity index (χ4n) is 0.819. The van der Waals surface area contributed by atoms with E-state index in [0.717, 1.165) is 0 Å². The van der Waals surface area contributed by atoms with Gasteiger partial charge < -0.3 is 5.11 Å². The quantitative estimate of drug-likeness (QED) is 0.628. The molecule has 0 aromatic rings. The Morgan fingerprint density at radius 2 is 1.83 bits per heavy atom. The summed E-state index contributed by atoms with van der Waals surface area (Å²) in [7, 11) is 0. The van der Waals surface area contributed by atoms with E-state index in [4.69, 9.17) is 0 Å². The molecule has 1 N–H and O–H groups in total. The first-order chi connectivity index (χ1) is 5.43. The van der Waals surface area contributed by atoms with Gasteiger partial charge in [0.2, 0.25) is 0 Å². The largest absolute Gasteiger partial charge is 0.392 e. The lowest BCUT2D eigenvalue weighted by Crippen LogP contribution is -2.20. The molecular formula is C9H16O3. The van der Waals surface area contributed by atoms with Crippen LogP contribution in [0.1, 0.15) is 33.6 Å². The Hall–Kier alpha value is -0.700. The maximum Gasteiger partial charge on any atom is 0.142 e. The van der Waals surface area contributed by atoms with Crippen LogP contribution in [0.5, 0.6) is 0 Å². The molecule has 1 atom stereocenters. The Kier molecular flexibility index (Phi) is 4.74. The van der Waals surface area contributed by atoms with Crippen molar-refractivity contribution in [2.24, 2.45) is 5.92 Å². The van der Waals surface area contributed by atoms with E-state index in [-0.39, 0.29) is 30.3 Å². The zero-order valence-corrected chi connectivity index (χ0v) is 7.83. The third-order valence-corrected chi connectivity index (χ3v) is 1.65. The summed E-state index contributed by atoms with van der Waals surface area (Å²) in [5.41, 5.74) is 0. The zero-order chi connectivity index (χ0) is 9.72. The summed E-state index contributed by atoms with van der Waals surface area (Å²) in [5, 5.41) is 9.28. The van der Waals surface area contributed by atoms with Gasteiger partial charge in [-0.05, 0) is 12.8 Å². The fraction of sp³-hybridized carbons (Fsp3) is 0.778. The number of rotatable bonds is 5. The lowest BCUT2D eigenvalue weighted by atomic mass is 10.00. The highest BCUT2D eigenvalue weighted by molar-refractivity contribution is 5.98. The molecule has 0 fully saturated rings. The summed E-state index contributed by atoms with van der Waals surface area (Å²) in [6.45, 7) is 5.05. The molecule has 0 spiro atoms. The highest BCUT2D eigenvalue weighted by Gasteiger charge is 2.14. The number of carbonyl (C=O) groups excluding carboxylic acids is 2. The topological polar surface area (TPSA) is 54.4 Å². The van der Waals surface area contributed by atoms with Crippen LogP contribution in [0.15, 0.2) is 0 Å². The molecule has 0 saturated heterocycles. The number of aliphatic hydroxyl groups excluding tert-OH is 1. The Labute approximate surface area is 72.8 Å². The molecule has 0 aliphatic heterocycles. The second kappa shape index (κ2) is 5.04. The molecule has 0 aromatic carbocycles. The Morgan fingerprint density at radius 3 is 2.17 bits per heavy atom. The van der Waals surface area contributed by atoms with Crippen molar-refractivity contribution < 1.29 is 14.7 Å². The number of Topliss-reactive ketones (excluding diaryl/α,β-unsaturated/α-hetero) is 2. The summed E-state index contributed by atoms with van der Waals surface area (Å²) in [6.07, 6.45) is -0.571. The first kappa shape index (κ1) is 11.3. The highest BCUT2D eigenvalue weighted by Crippen LogP contribution is 2.07. The van der Waals surface area contributed by atoms with E-state index in [1.165, 1.54) is 6.92 Å². The van der Waals surface area contributed by atoms with Crippen molar-refractivity contribution in [2.75, 3.05) is 0 Å². The standard InChI is InChI=1S/C9H16O3/c1-6(2)9(12)5-8(11)4-7(3)10/h6,9,12H,4-5H2,1-3H3/t9-/m0/s1. The number of ketones is 2. The normalized spacial score (nSPS) is 13.1. The van der Waals surface area contributed by atoms with Gasteiger partial charge in [0.1, 0.15) is 11.6 Å². The van der Waals surface area contributed by atoms with Crippen LogP contribution in [0.3, 0.4) is 0 Å². The van der Waals surface area contributed by atoms with Gasteiger partial charge in [-0.15, -0.1) is 0 Å². The predicted octanol–water partition coefficient (Wildman–Crippen LogP) is 0.942. The molecule has 0 unspecified atom stereocenters. The predicted molar refractivity (Wildman–Crippen MR) is 45.8 cm³/mol. The van der Waals surface area contributed by atoms with Crippen LogP contribution >= 0.6 is 0 Å². The molecule has 0 heterocycles. The summed E-state index contributed by atoms with van der Waals surface area (Å²) >= 11 is 0. The van der Waals surface area contributed by atoms with Gasteiger partial charge >= 0.3 is 0 Å². The fourth-order valence-corrected chi connectivity index (χ4v) is 0.819. The van der Waals surface area contributed by atoms with E-state index in [1.807, 2.05) is 13.8 Å². The van der Waals surface area contributed by atoms with Crippen LogP contribution in [-0.2, 0) is 9.59 Å². The van der Waals surface area contributed by atoms with Crippen LogP contribution < -0.4 is 0 Å². The van der Waals surface area contributed by atoms with E-state index in [2.05, 4.69) is 0 Å². The zero-order valence-electron chi connectivity index (χ0n) is 7.83. The van der Waals surface area contributed by atoms with E-state index in [0.29, 0.717) is 0 Å². The van der Waals surface area contributed by atoms with Crippen molar-refractivity contribution in [3.63, 3.8) is 0 Å². The molecule has 0 bridgehead atoms. The summed E-state index contributed by atoms with van der Waals surface area (Å²) in [5.74, 6) is -0.249. The first-order valence-electron chi connectivity index (χ1n) is 4.12. The minimum atomic E-state index is -0.614. The van der Waals surface area contributed by atoms with E-state index >= 15 is 0 Å². The van der Waals surface area contributed by atoms with Gasteiger partial charge in [0.05, 0.1) is 12.5 Å². The molecular weight excluding hydrogens is 156 g/mol. The molecule has 0 saturated carbocycles. The smallest absolute Gasteiger partial charge is 0.142 e. The maximum absolute atomic E-state index is 11.0. The van der Waals surface area contributed by atoms with Crippen molar-refractivity contribution in [2.45, 2.75) is 39.7 Å². The van der Waals surface area contributed by atoms with Crippen LogP contribution in [0.4, 0.5) is 0 Å². The molecule has 0 radical (unpaired) electrons. The van der Waals surface area contributed by atoms with Gasteiger partial charge in [-0.25, -0.2) is 0 Å². The molecule has 0 rings (SSSR count). The van der Waals surface area contributed by atoms with E-state index in [1.54, 1.807) is 0 Å². The number of hydrogen-bond acceptors (Lipinski definition) is 3. The SMILES string of the molecule is CC(=O)CC(=O)C[C@H](O)C(C)C. The van der Waals surface area contributed by atoms with Crippen molar-refractivity contribution in [3.8, 4) is 0 Å². The van der Waals surface area contributed by atoms with Crippen LogP contribution in [-0.4, -0.2) is 22.8 Å². The Bertz CT molecular complexity index is 173. The van der Waals surface area contributed by atoms with Gasteiger partial charge in [-0.3, -0.25) is 9.59 Å². The minimum absolute atomic E-state index is 0.0518. The molecule has 0 aromatic heterocycles. The molecule has 3 heteroatoms. The monoisotopic (exact) mass is 172 g/mol. The van der Waals surface area contributed by atoms with Gasteiger partial charge in [0.15, 0.2) is 0 Å². The van der Waals surface area contributed by atoms with Crippen molar-refractivity contribution in [1.82, 2.24) is 0 Å². The Morgan fingerprint density at radius 1 is 1.33 bits per heavy atom. The summed E-state index contributed by atoms with van der Waals surface area (Å²) < 4.78 is 0. The molecule has 0 aliphatic rings. The lowest BCUT2D eigenvalue weighted by molar-refractivity contribution is -0.127. The van der Waals surface area contributed by atoms with Crippen LogP contribution in [0, 0.1) is 5.92 Å². The van der Waals surface area contributed by atoms with Crippen LogP contribution in [0.25, 0.3) is 0 Å². The summed E-state index contributed by atoms with van der Waals surface area (Å²) in [6, 6.07) is 0. The molecule has 0 amide bonds. The van der Waals surface area contributed by atoms with Gasteiger partial charge in [0, 0.05) is 6.42 Å². The van der Waals surface area contributed by atoms with Crippen molar-refractivity contribution in [3.05, 3.63) is 0 Å². The summed E-state index contributed by atoms with van der Waals surface area (Å²) in [4.78, 5) is 21.5. The van der Waals surface area contributed by atoms with E-state index < -0.39 is 6.10 Å². The third-order valence-electron chi connectivity index (χ3n) is 1.65. The van der Waals surface area contributed by atoms with E-state index in [9.17, 15) is 14.7 Å². The van der Waals surface area contributed by atoms with Crippen molar-refractivity contribution in [1.29, 1.82) is 0 Å². The number of hydrogen-bond donors (Lipinski definition) is 1. The van der Waals surface area contributed by atoms with Crippen molar-refractivity contribution >= 4 is 11.6 Å². The molecule has 12 heavy (non-hydrogen) atoms. The Balaban J connectivity index is 3.77. The number of carbonyl (C=O) groups is 2. The van der Waals surface area contributed by atoms with Gasteiger partial charge in [-0.2, -0.15) is 0 Å². The first-order valence-corrected chi connectivity index (χ1v) is 4.12. The second-order valence-electron chi connectivity index (χ2n) is 3.43. The second-order valence-corrected chi connectivity index (χ2v) is 3.43. The lowest BCUT2D eigenvalue weighted by Gasteiger charge is -2.12. The number of aliphatic hydroxyl groups is 1. The van der Waals surface area contributed by atoms with Gasteiger partial charge in [-0.1, -0.05) is 13.8 Å². The highest BCUT2D eigenvalue weighted by atomic mass is 16.3. The maximum atomic E-state index is 11.0. The molecule has 0 aliphatic carbocycles. The van der Waals surface area contributed by atoms with Crippen LogP contribution in [0.2, 0.25) is 0 Å². The minimum Gasteiger partial charge on any atom is -0.392 e. The molecule has 3 nitrogen and oxygen atoms in total. The van der Waals surface area contributed by atoms with Gasteiger partial charge in [0.25, 0.3) is 0 Å². The molecule has 70 valence electrons. The average molecular weight is 172 g/mol. The third kappa shape index (κ3) is 5.02.